The molecule has 0 spiro atoms. The van der Waals surface area contributed by atoms with Crippen LogP contribution in [0, 0.1) is 11.6 Å². The third-order valence-corrected chi connectivity index (χ3v) is 1.79. The molecule has 2 N–H and O–H groups in total. The van der Waals surface area contributed by atoms with Gasteiger partial charge in [-0.3, -0.25) is 0 Å². The average molecular weight is 207 g/mol. The largest absolute Gasteiger partial charge is 0.324 e. The zero-order valence-electron chi connectivity index (χ0n) is 7.18. The molecular formula is C9H9F4N. The van der Waals surface area contributed by atoms with E-state index in [9.17, 15) is 17.6 Å². The van der Waals surface area contributed by atoms with E-state index in [-0.39, 0.29) is 5.56 Å². The number of alkyl halides is 2. The van der Waals surface area contributed by atoms with Crippen LogP contribution in [0.1, 0.15) is 18.0 Å². The third-order valence-electron chi connectivity index (χ3n) is 1.79. The number of hydrogen-bond acceptors (Lipinski definition) is 1. The maximum Gasteiger partial charge on any atom is 0.240 e. The fraction of sp³-hybridized carbons (Fsp3) is 0.333. The molecule has 5 heteroatoms. The SMILES string of the molecule is N[C@@H](CC(F)F)c1ccc(F)cc1F. The van der Waals surface area contributed by atoms with Crippen molar-refractivity contribution in [2.45, 2.75) is 18.9 Å². The molecule has 1 nitrogen and oxygen atoms in total. The Morgan fingerprint density at radius 1 is 1.21 bits per heavy atom. The molecule has 1 atom stereocenters. The Morgan fingerprint density at radius 2 is 1.86 bits per heavy atom. The number of rotatable bonds is 3. The summed E-state index contributed by atoms with van der Waals surface area (Å²) in [6, 6.07) is 1.60. The maximum atomic E-state index is 13.0. The Bertz CT molecular complexity index is 314. The van der Waals surface area contributed by atoms with Crippen LogP contribution in [0.15, 0.2) is 18.2 Å². The van der Waals surface area contributed by atoms with Crippen molar-refractivity contribution in [3.05, 3.63) is 35.4 Å². The summed E-state index contributed by atoms with van der Waals surface area (Å²) in [5.41, 5.74) is 5.21. The first-order chi connectivity index (χ1) is 6.50. The van der Waals surface area contributed by atoms with Crippen LogP contribution in [-0.4, -0.2) is 6.43 Å². The monoisotopic (exact) mass is 207 g/mol. The van der Waals surface area contributed by atoms with Crippen LogP contribution in [0.2, 0.25) is 0 Å². The summed E-state index contributed by atoms with van der Waals surface area (Å²) in [4.78, 5) is 0. The summed E-state index contributed by atoms with van der Waals surface area (Å²) in [6.07, 6.45) is -3.24. The summed E-state index contributed by atoms with van der Waals surface area (Å²) >= 11 is 0. The number of nitrogens with two attached hydrogens (primary N) is 1. The minimum absolute atomic E-state index is 0.0910. The van der Waals surface area contributed by atoms with E-state index in [0.717, 1.165) is 12.1 Å². The summed E-state index contributed by atoms with van der Waals surface area (Å²) in [5.74, 6) is -1.64. The van der Waals surface area contributed by atoms with Crippen molar-refractivity contribution < 1.29 is 17.6 Å². The molecule has 1 aromatic carbocycles. The van der Waals surface area contributed by atoms with Gasteiger partial charge in [0.1, 0.15) is 11.6 Å². The Hall–Kier alpha value is -1.10. The second-order valence-corrected chi connectivity index (χ2v) is 2.90. The summed E-state index contributed by atoms with van der Waals surface area (Å²) in [7, 11) is 0. The smallest absolute Gasteiger partial charge is 0.240 e. The fourth-order valence-corrected chi connectivity index (χ4v) is 1.12. The molecule has 0 aliphatic carbocycles. The Balaban J connectivity index is 2.84. The van der Waals surface area contributed by atoms with Crippen LogP contribution >= 0.6 is 0 Å². The topological polar surface area (TPSA) is 26.0 Å². The van der Waals surface area contributed by atoms with Gasteiger partial charge in [-0.05, 0) is 6.07 Å². The first-order valence-corrected chi connectivity index (χ1v) is 3.99. The summed E-state index contributed by atoms with van der Waals surface area (Å²) < 4.78 is 49.2. The van der Waals surface area contributed by atoms with Crippen LogP contribution in [-0.2, 0) is 0 Å². The molecule has 0 heterocycles. The van der Waals surface area contributed by atoms with E-state index < -0.39 is 30.5 Å². The van der Waals surface area contributed by atoms with Crippen LogP contribution in [0.5, 0.6) is 0 Å². The molecule has 0 aliphatic rings. The normalized spacial score (nSPS) is 13.3. The molecule has 1 aromatic rings. The second kappa shape index (κ2) is 4.41. The zero-order chi connectivity index (χ0) is 10.7. The Morgan fingerprint density at radius 3 is 2.36 bits per heavy atom. The van der Waals surface area contributed by atoms with Gasteiger partial charge in [-0.1, -0.05) is 6.07 Å². The molecule has 0 fully saturated rings. The zero-order valence-corrected chi connectivity index (χ0v) is 7.18. The molecule has 0 amide bonds. The molecule has 0 aromatic heterocycles. The lowest BCUT2D eigenvalue weighted by atomic mass is 10.0. The van der Waals surface area contributed by atoms with Gasteiger partial charge in [0.25, 0.3) is 0 Å². The van der Waals surface area contributed by atoms with Crippen LogP contribution in [0.4, 0.5) is 17.6 Å². The molecule has 0 radical (unpaired) electrons. The van der Waals surface area contributed by atoms with Gasteiger partial charge in [-0.15, -0.1) is 0 Å². The van der Waals surface area contributed by atoms with Gasteiger partial charge in [0, 0.05) is 24.1 Å². The van der Waals surface area contributed by atoms with Crippen molar-refractivity contribution >= 4 is 0 Å². The second-order valence-electron chi connectivity index (χ2n) is 2.90. The standard InChI is InChI=1S/C9H9F4N/c10-5-1-2-6(7(11)3-5)8(14)4-9(12)13/h1-3,8-9H,4,14H2/t8-/m0/s1. The predicted octanol–water partition coefficient (Wildman–Crippen LogP) is 2.62. The van der Waals surface area contributed by atoms with Gasteiger partial charge in [0.15, 0.2) is 0 Å². The summed E-state index contributed by atoms with van der Waals surface area (Å²) in [5, 5.41) is 0. The van der Waals surface area contributed by atoms with E-state index >= 15 is 0 Å². The molecule has 78 valence electrons. The summed E-state index contributed by atoms with van der Waals surface area (Å²) in [6.45, 7) is 0. The third kappa shape index (κ3) is 2.70. The van der Waals surface area contributed by atoms with Crippen molar-refractivity contribution in [2.24, 2.45) is 5.73 Å². The lowest BCUT2D eigenvalue weighted by Gasteiger charge is -2.11. The van der Waals surface area contributed by atoms with E-state index in [2.05, 4.69) is 0 Å². The Labute approximate surface area is 78.5 Å². The van der Waals surface area contributed by atoms with Crippen molar-refractivity contribution in [3.63, 3.8) is 0 Å². The molecule has 0 saturated carbocycles. The van der Waals surface area contributed by atoms with Crippen molar-refractivity contribution in [3.8, 4) is 0 Å². The predicted molar refractivity (Wildman–Crippen MR) is 43.9 cm³/mol. The van der Waals surface area contributed by atoms with Gasteiger partial charge in [-0.2, -0.15) is 0 Å². The van der Waals surface area contributed by atoms with Gasteiger partial charge in [0.05, 0.1) is 0 Å². The molecule has 1 rings (SSSR count). The lowest BCUT2D eigenvalue weighted by molar-refractivity contribution is 0.128. The fourth-order valence-electron chi connectivity index (χ4n) is 1.12. The van der Waals surface area contributed by atoms with Crippen LogP contribution in [0.3, 0.4) is 0 Å². The maximum absolute atomic E-state index is 13.0. The van der Waals surface area contributed by atoms with E-state index in [1.54, 1.807) is 0 Å². The Kier molecular flexibility index (Phi) is 3.46. The van der Waals surface area contributed by atoms with Crippen molar-refractivity contribution in [1.29, 1.82) is 0 Å². The highest BCUT2D eigenvalue weighted by Gasteiger charge is 2.16. The van der Waals surface area contributed by atoms with Gasteiger partial charge in [-0.25, -0.2) is 17.6 Å². The average Bonchev–Trinajstić information content (AvgIpc) is 2.01. The number of hydrogen-bond donors (Lipinski definition) is 1. The highest BCUT2D eigenvalue weighted by Crippen LogP contribution is 2.21. The van der Waals surface area contributed by atoms with Gasteiger partial charge < -0.3 is 5.73 Å². The first kappa shape index (κ1) is 11.0. The first-order valence-electron chi connectivity index (χ1n) is 3.99. The van der Waals surface area contributed by atoms with Crippen molar-refractivity contribution in [2.75, 3.05) is 0 Å². The van der Waals surface area contributed by atoms with E-state index in [0.29, 0.717) is 6.07 Å². The van der Waals surface area contributed by atoms with E-state index in [1.807, 2.05) is 0 Å². The minimum atomic E-state index is -2.60. The van der Waals surface area contributed by atoms with Crippen LogP contribution in [0.25, 0.3) is 0 Å². The van der Waals surface area contributed by atoms with Gasteiger partial charge >= 0.3 is 0 Å². The van der Waals surface area contributed by atoms with E-state index in [1.165, 1.54) is 0 Å². The minimum Gasteiger partial charge on any atom is -0.324 e. The van der Waals surface area contributed by atoms with Crippen molar-refractivity contribution in [1.82, 2.24) is 0 Å². The highest BCUT2D eigenvalue weighted by atomic mass is 19.3. The molecule has 0 bridgehead atoms. The molecule has 0 saturated heterocycles. The molecule has 14 heavy (non-hydrogen) atoms. The van der Waals surface area contributed by atoms with Crippen LogP contribution < -0.4 is 5.73 Å². The number of benzene rings is 1. The lowest BCUT2D eigenvalue weighted by Crippen LogP contribution is -2.15. The van der Waals surface area contributed by atoms with E-state index in [4.69, 9.17) is 5.73 Å². The number of halogens is 4. The molecule has 0 unspecified atom stereocenters. The van der Waals surface area contributed by atoms with Gasteiger partial charge in [0.2, 0.25) is 6.43 Å². The quantitative estimate of drug-likeness (QED) is 0.757. The highest BCUT2D eigenvalue weighted by molar-refractivity contribution is 5.21. The molecule has 0 aliphatic heterocycles. The molecular weight excluding hydrogens is 198 g/mol.